The van der Waals surface area contributed by atoms with E-state index in [-0.39, 0.29) is 24.8 Å². The van der Waals surface area contributed by atoms with Gasteiger partial charge in [0.15, 0.2) is 11.5 Å². The molecule has 3 heterocycles. The predicted octanol–water partition coefficient (Wildman–Crippen LogP) is 0.638. The van der Waals surface area contributed by atoms with E-state index in [0.717, 1.165) is 0 Å². The summed E-state index contributed by atoms with van der Waals surface area (Å²) < 4.78 is 11.4. The van der Waals surface area contributed by atoms with Gasteiger partial charge in [-0.1, -0.05) is 24.3 Å². The van der Waals surface area contributed by atoms with Crippen molar-refractivity contribution in [1.29, 1.82) is 0 Å². The van der Waals surface area contributed by atoms with Gasteiger partial charge in [0.1, 0.15) is 12.6 Å². The number of anilines is 1. The van der Waals surface area contributed by atoms with E-state index in [1.54, 1.807) is 46.2 Å². The number of para-hydroxylation sites is 3. The zero-order valence-electron chi connectivity index (χ0n) is 18.4. The lowest BCUT2D eigenvalue weighted by Crippen LogP contribution is -2.56. The Labute approximate surface area is 195 Å². The minimum Gasteiger partial charge on any atom is -0.485 e. The van der Waals surface area contributed by atoms with Gasteiger partial charge in [-0.25, -0.2) is 0 Å². The van der Waals surface area contributed by atoms with E-state index in [1.807, 2.05) is 12.1 Å². The van der Waals surface area contributed by atoms with Crippen LogP contribution in [0.5, 0.6) is 11.5 Å². The van der Waals surface area contributed by atoms with Crippen LogP contribution in [-0.4, -0.2) is 78.4 Å². The van der Waals surface area contributed by atoms with Crippen molar-refractivity contribution in [2.75, 3.05) is 38.1 Å². The molecule has 4 amide bonds. The van der Waals surface area contributed by atoms with E-state index in [9.17, 15) is 19.2 Å². The average Bonchev–Trinajstić information content (AvgIpc) is 2.99. The topological polar surface area (TPSA) is 117 Å². The third kappa shape index (κ3) is 4.26. The van der Waals surface area contributed by atoms with E-state index in [4.69, 9.17) is 9.47 Å². The summed E-state index contributed by atoms with van der Waals surface area (Å²) in [5.74, 6) is -0.139. The smallest absolute Gasteiger partial charge is 0.267 e. The van der Waals surface area contributed by atoms with E-state index in [0.29, 0.717) is 48.9 Å². The molecule has 1 fully saturated rings. The second kappa shape index (κ2) is 9.05. The molecule has 3 aliphatic rings. The number of rotatable bonds is 3. The molecule has 2 aromatic rings. The fourth-order valence-electron chi connectivity index (χ4n) is 4.28. The van der Waals surface area contributed by atoms with Crippen molar-refractivity contribution in [1.82, 2.24) is 15.1 Å². The molecule has 1 saturated heterocycles. The van der Waals surface area contributed by atoms with E-state index in [1.165, 1.54) is 0 Å². The van der Waals surface area contributed by atoms with Crippen molar-refractivity contribution in [2.45, 2.75) is 18.6 Å². The summed E-state index contributed by atoms with van der Waals surface area (Å²) in [6.07, 6.45) is -0.890. The number of benzene rings is 2. The maximum Gasteiger partial charge on any atom is 0.267 e. The standard InChI is InChI=1S/C24H24N4O6/c29-21(13-17-23(31)25-16-6-2-1-5-15(16)22(30)26-17)27-9-11-28(12-10-27)24(32)20-14-33-18-7-3-4-8-19(18)34-20/h1-8,17,20H,9-14H2,(H,25,31)(H,26,30)/t17-,20?/m0/s1. The molecular formula is C24H24N4O6. The van der Waals surface area contributed by atoms with Crippen molar-refractivity contribution >= 4 is 29.3 Å². The van der Waals surface area contributed by atoms with Crippen LogP contribution in [0.15, 0.2) is 48.5 Å². The van der Waals surface area contributed by atoms with Gasteiger partial charge in [-0.05, 0) is 24.3 Å². The molecule has 2 aromatic carbocycles. The third-order valence-corrected chi connectivity index (χ3v) is 6.16. The Morgan fingerprint density at radius 3 is 2.38 bits per heavy atom. The normalized spacial score (nSPS) is 21.6. The van der Waals surface area contributed by atoms with Crippen molar-refractivity contribution in [2.24, 2.45) is 0 Å². The highest BCUT2D eigenvalue weighted by Gasteiger charge is 2.35. The summed E-state index contributed by atoms with van der Waals surface area (Å²) in [5, 5.41) is 5.34. The zero-order chi connectivity index (χ0) is 23.7. The van der Waals surface area contributed by atoms with Gasteiger partial charge in [0.05, 0.1) is 17.7 Å². The second-order valence-electron chi connectivity index (χ2n) is 8.34. The maximum atomic E-state index is 12.9. The number of hydrogen-bond donors (Lipinski definition) is 2. The summed E-state index contributed by atoms with van der Waals surface area (Å²) in [4.78, 5) is 54.1. The van der Waals surface area contributed by atoms with Crippen LogP contribution in [0.4, 0.5) is 5.69 Å². The number of piperazine rings is 1. The van der Waals surface area contributed by atoms with Gasteiger partial charge in [-0.3, -0.25) is 19.2 Å². The first kappa shape index (κ1) is 21.7. The Balaban J connectivity index is 1.15. The van der Waals surface area contributed by atoms with Crippen LogP contribution < -0.4 is 20.1 Å². The molecule has 0 aliphatic carbocycles. The van der Waals surface area contributed by atoms with Crippen LogP contribution in [-0.2, 0) is 14.4 Å². The molecular weight excluding hydrogens is 440 g/mol. The number of amides is 4. The van der Waals surface area contributed by atoms with Gasteiger partial charge < -0.3 is 29.9 Å². The Morgan fingerprint density at radius 2 is 1.59 bits per heavy atom. The second-order valence-corrected chi connectivity index (χ2v) is 8.34. The lowest BCUT2D eigenvalue weighted by molar-refractivity contribution is -0.146. The Morgan fingerprint density at radius 1 is 0.912 bits per heavy atom. The lowest BCUT2D eigenvalue weighted by Gasteiger charge is -2.37. The molecule has 34 heavy (non-hydrogen) atoms. The largest absolute Gasteiger partial charge is 0.485 e. The minimum atomic E-state index is -0.972. The number of nitrogens with one attached hydrogen (secondary N) is 2. The van der Waals surface area contributed by atoms with Crippen molar-refractivity contribution in [3.05, 3.63) is 54.1 Å². The maximum absolute atomic E-state index is 12.9. The molecule has 10 nitrogen and oxygen atoms in total. The number of ether oxygens (including phenoxy) is 2. The Bertz CT molecular complexity index is 1140. The van der Waals surface area contributed by atoms with Crippen LogP contribution >= 0.6 is 0 Å². The number of hydrogen-bond acceptors (Lipinski definition) is 6. The lowest BCUT2D eigenvalue weighted by atomic mass is 10.1. The minimum absolute atomic E-state index is 0.133. The monoisotopic (exact) mass is 464 g/mol. The molecule has 10 heteroatoms. The molecule has 0 aromatic heterocycles. The summed E-state index contributed by atoms with van der Waals surface area (Å²) >= 11 is 0. The van der Waals surface area contributed by atoms with Gasteiger partial charge >= 0.3 is 0 Å². The predicted molar refractivity (Wildman–Crippen MR) is 120 cm³/mol. The molecule has 176 valence electrons. The first-order chi connectivity index (χ1) is 16.5. The first-order valence-corrected chi connectivity index (χ1v) is 11.2. The molecule has 3 aliphatic heterocycles. The van der Waals surface area contributed by atoms with Crippen molar-refractivity contribution < 1.29 is 28.7 Å². The molecule has 0 spiro atoms. The molecule has 0 saturated carbocycles. The van der Waals surface area contributed by atoms with Crippen LogP contribution in [0, 0.1) is 0 Å². The van der Waals surface area contributed by atoms with E-state index >= 15 is 0 Å². The van der Waals surface area contributed by atoms with E-state index < -0.39 is 24.0 Å². The molecule has 5 rings (SSSR count). The molecule has 0 bridgehead atoms. The number of nitrogens with zero attached hydrogens (tertiary/aromatic N) is 2. The van der Waals surface area contributed by atoms with Crippen LogP contribution in [0.3, 0.4) is 0 Å². The molecule has 0 radical (unpaired) electrons. The number of carbonyl (C=O) groups is 4. The van der Waals surface area contributed by atoms with Crippen LogP contribution in [0.2, 0.25) is 0 Å². The summed E-state index contributed by atoms with van der Waals surface area (Å²) in [6.45, 7) is 1.49. The van der Waals surface area contributed by atoms with Gasteiger partial charge in [-0.15, -0.1) is 0 Å². The number of carbonyl (C=O) groups excluding carboxylic acids is 4. The SMILES string of the molecule is O=C1N[C@@H](CC(=O)N2CCN(C(=O)C3COc4ccccc4O3)CC2)C(=O)Nc2ccccc21. The van der Waals surface area contributed by atoms with Gasteiger partial charge in [0.2, 0.25) is 17.9 Å². The fourth-order valence-corrected chi connectivity index (χ4v) is 4.28. The quantitative estimate of drug-likeness (QED) is 0.689. The van der Waals surface area contributed by atoms with Gasteiger partial charge in [0, 0.05) is 26.2 Å². The van der Waals surface area contributed by atoms with Crippen LogP contribution in [0.25, 0.3) is 0 Å². The van der Waals surface area contributed by atoms with Gasteiger partial charge in [0.25, 0.3) is 11.8 Å². The highest BCUT2D eigenvalue weighted by atomic mass is 16.6. The fraction of sp³-hybridized carbons (Fsp3) is 0.333. The van der Waals surface area contributed by atoms with Crippen LogP contribution in [0.1, 0.15) is 16.8 Å². The Kier molecular flexibility index (Phi) is 5.79. The highest BCUT2D eigenvalue weighted by Crippen LogP contribution is 2.31. The summed E-state index contributed by atoms with van der Waals surface area (Å²) in [6, 6.07) is 12.9. The first-order valence-electron chi connectivity index (χ1n) is 11.2. The number of fused-ring (bicyclic) bond motifs is 2. The summed E-state index contributed by atoms with van der Waals surface area (Å²) in [7, 11) is 0. The average molecular weight is 464 g/mol. The van der Waals surface area contributed by atoms with Crippen molar-refractivity contribution in [3.63, 3.8) is 0 Å². The molecule has 2 atom stereocenters. The Hall–Kier alpha value is -4.08. The third-order valence-electron chi connectivity index (χ3n) is 6.16. The molecule has 2 N–H and O–H groups in total. The van der Waals surface area contributed by atoms with Crippen molar-refractivity contribution in [3.8, 4) is 11.5 Å². The zero-order valence-corrected chi connectivity index (χ0v) is 18.4. The van der Waals surface area contributed by atoms with Gasteiger partial charge in [-0.2, -0.15) is 0 Å². The summed E-state index contributed by atoms with van der Waals surface area (Å²) in [5.41, 5.74) is 0.776. The van der Waals surface area contributed by atoms with E-state index in [2.05, 4.69) is 10.6 Å². The molecule has 1 unspecified atom stereocenters. The highest BCUT2D eigenvalue weighted by molar-refractivity contribution is 6.10.